The molecule has 0 spiro atoms. The van der Waals surface area contributed by atoms with Gasteiger partial charge in [0.1, 0.15) is 0 Å². The molecule has 0 atom stereocenters. The third-order valence-electron chi connectivity index (χ3n) is 1.54. The van der Waals surface area contributed by atoms with Crippen LogP contribution in [0.25, 0.3) is 5.53 Å². The van der Waals surface area contributed by atoms with Crippen LogP contribution in [0, 0.1) is 0 Å². The molecule has 0 aromatic carbocycles. The van der Waals surface area contributed by atoms with Gasteiger partial charge < -0.3 is 10.3 Å². The number of hydrogen-bond donors (Lipinski definition) is 0. The molecule has 0 aliphatic rings. The molecular weight excluding hydrogens is 259 g/mol. The lowest BCUT2D eigenvalue weighted by Gasteiger charge is -2.11. The summed E-state index contributed by atoms with van der Waals surface area (Å²) in [4.78, 5) is 14.1. The van der Waals surface area contributed by atoms with Gasteiger partial charge in [-0.3, -0.25) is 9.05 Å². The maximum absolute atomic E-state index is 12.2. The highest BCUT2D eigenvalue weighted by Gasteiger charge is 2.47. The molecule has 0 bridgehead atoms. The van der Waals surface area contributed by atoms with Gasteiger partial charge in [0.15, 0.2) is 0 Å². The number of ether oxygens (including phenoxy) is 1. The molecule has 0 saturated carbocycles. The lowest BCUT2D eigenvalue weighted by atomic mass is 10.7. The molecule has 0 saturated heterocycles. The summed E-state index contributed by atoms with van der Waals surface area (Å²) in [5.74, 6) is -1.07. The minimum absolute atomic E-state index is 0.0285. The second-order valence-corrected chi connectivity index (χ2v) is 4.75. The smallest absolute Gasteiger partial charge is 0.457 e. The van der Waals surface area contributed by atoms with Gasteiger partial charge in [-0.2, -0.15) is 0 Å². The first kappa shape index (κ1) is 16.5. The Morgan fingerprint density at radius 2 is 1.83 bits per heavy atom. The maximum atomic E-state index is 12.2. The van der Waals surface area contributed by atoms with Crippen LogP contribution in [0.2, 0.25) is 0 Å². The van der Waals surface area contributed by atoms with Gasteiger partial charge in [-0.1, -0.05) is 12.2 Å². The summed E-state index contributed by atoms with van der Waals surface area (Å²) in [6, 6.07) is 0. The van der Waals surface area contributed by atoms with Crippen LogP contribution in [-0.2, 0) is 23.1 Å². The van der Waals surface area contributed by atoms with Crippen molar-refractivity contribution in [2.45, 2.75) is 6.92 Å². The minimum atomic E-state index is -4.07. The van der Waals surface area contributed by atoms with E-state index in [1.807, 2.05) is 0 Å². The summed E-state index contributed by atoms with van der Waals surface area (Å²) in [6.07, 6.45) is 2.62. The number of nitrogens with zero attached hydrogens (tertiary/aromatic N) is 2. The monoisotopic (exact) mass is 274 g/mol. The molecule has 0 amide bonds. The van der Waals surface area contributed by atoms with E-state index in [4.69, 9.17) is 14.6 Å². The van der Waals surface area contributed by atoms with E-state index in [1.165, 1.54) is 12.2 Å². The zero-order valence-corrected chi connectivity index (χ0v) is 11.0. The van der Waals surface area contributed by atoms with Crippen molar-refractivity contribution in [1.29, 1.82) is 0 Å². The maximum Gasteiger partial charge on any atom is 0.484 e. The molecule has 7 nitrogen and oxygen atoms in total. The molecule has 0 radical (unpaired) electrons. The van der Waals surface area contributed by atoms with E-state index in [0.717, 1.165) is 0 Å². The average Bonchev–Trinajstić information content (AvgIpc) is 2.35. The molecule has 0 aromatic rings. The van der Waals surface area contributed by atoms with Crippen LogP contribution in [0.15, 0.2) is 25.3 Å². The summed E-state index contributed by atoms with van der Waals surface area (Å²) in [5, 5.41) is 0. The zero-order valence-electron chi connectivity index (χ0n) is 10.1. The van der Waals surface area contributed by atoms with Gasteiger partial charge in [0.05, 0.1) is 19.8 Å². The minimum Gasteiger partial charge on any atom is -0.457 e. The van der Waals surface area contributed by atoms with E-state index in [1.54, 1.807) is 6.92 Å². The third kappa shape index (κ3) is 4.77. The summed E-state index contributed by atoms with van der Waals surface area (Å²) in [5.41, 5.74) is 7.95. The second kappa shape index (κ2) is 8.55. The highest BCUT2D eigenvalue weighted by atomic mass is 31.2. The topological polar surface area (TPSA) is 98.2 Å². The normalized spacial score (nSPS) is 10.3. The molecule has 0 rings (SSSR count). The molecule has 18 heavy (non-hydrogen) atoms. The van der Waals surface area contributed by atoms with Gasteiger partial charge in [0.2, 0.25) is 0 Å². The van der Waals surface area contributed by atoms with Crippen LogP contribution in [0.1, 0.15) is 6.92 Å². The van der Waals surface area contributed by atoms with Crippen LogP contribution in [0.4, 0.5) is 0 Å². The molecule has 0 heterocycles. The predicted molar refractivity (Wildman–Crippen MR) is 65.2 cm³/mol. The lowest BCUT2D eigenvalue weighted by Crippen LogP contribution is -2.21. The van der Waals surface area contributed by atoms with Gasteiger partial charge in [-0.15, -0.1) is 17.9 Å². The van der Waals surface area contributed by atoms with Crippen LogP contribution in [-0.4, -0.2) is 36.0 Å². The first-order chi connectivity index (χ1) is 8.55. The third-order valence-corrected chi connectivity index (χ3v) is 3.31. The molecule has 0 unspecified atom stereocenters. The summed E-state index contributed by atoms with van der Waals surface area (Å²) in [7, 11) is -4.07. The van der Waals surface area contributed by atoms with Crippen molar-refractivity contribution in [3.63, 3.8) is 0 Å². The Labute approximate surface area is 105 Å². The van der Waals surface area contributed by atoms with Gasteiger partial charge in [-0.05, 0) is 6.92 Å². The largest absolute Gasteiger partial charge is 0.484 e. The Kier molecular flexibility index (Phi) is 7.83. The molecular formula is C10H15N2O5P. The molecule has 0 fully saturated rings. The highest BCUT2D eigenvalue weighted by molar-refractivity contribution is 7.74. The number of carbonyl (C=O) groups is 1. The molecule has 0 N–H and O–H groups in total. The van der Waals surface area contributed by atoms with Crippen LogP contribution < -0.4 is 0 Å². The highest BCUT2D eigenvalue weighted by Crippen LogP contribution is 2.49. The Morgan fingerprint density at radius 3 is 2.17 bits per heavy atom. The SMILES string of the molecule is C=CCOP(=O)(OCC=C)C(=[N+]=[N-])C(=O)OCC. The summed E-state index contributed by atoms with van der Waals surface area (Å²) < 4.78 is 26.6. The molecule has 100 valence electrons. The number of carbonyl (C=O) groups excluding carboxylic acids is 1. The van der Waals surface area contributed by atoms with Crippen LogP contribution in [0.5, 0.6) is 0 Å². The van der Waals surface area contributed by atoms with Crippen molar-refractivity contribution in [2.75, 3.05) is 19.8 Å². The van der Waals surface area contributed by atoms with Gasteiger partial charge in [-0.25, -0.2) is 9.36 Å². The molecule has 8 heteroatoms. The Bertz CT molecular complexity index is 398. The quantitative estimate of drug-likeness (QED) is 0.159. The van der Waals surface area contributed by atoms with Crippen molar-refractivity contribution < 1.29 is 27.9 Å². The number of esters is 1. The van der Waals surface area contributed by atoms with Gasteiger partial charge >= 0.3 is 19.0 Å². The Morgan fingerprint density at radius 1 is 1.33 bits per heavy atom. The van der Waals surface area contributed by atoms with Crippen molar-refractivity contribution >= 4 is 19.0 Å². The second-order valence-electron chi connectivity index (χ2n) is 2.81. The fourth-order valence-corrected chi connectivity index (χ4v) is 2.18. The van der Waals surface area contributed by atoms with E-state index in [0.29, 0.717) is 0 Å². The first-order valence-electron chi connectivity index (χ1n) is 5.06. The van der Waals surface area contributed by atoms with E-state index in [9.17, 15) is 9.36 Å². The molecule has 0 aliphatic heterocycles. The fourth-order valence-electron chi connectivity index (χ4n) is 0.864. The molecule has 0 aliphatic carbocycles. The van der Waals surface area contributed by atoms with Crippen LogP contribution >= 0.6 is 7.60 Å². The molecule has 0 aromatic heterocycles. The Balaban J connectivity index is 5.18. The van der Waals surface area contributed by atoms with Gasteiger partial charge in [0.25, 0.3) is 0 Å². The number of rotatable bonds is 9. The zero-order chi connectivity index (χ0) is 14.0. The average molecular weight is 274 g/mol. The van der Waals surface area contributed by atoms with E-state index >= 15 is 0 Å². The van der Waals surface area contributed by atoms with E-state index in [-0.39, 0.29) is 19.8 Å². The fraction of sp³-hybridized carbons (Fsp3) is 0.400. The lowest BCUT2D eigenvalue weighted by molar-refractivity contribution is -0.139. The van der Waals surface area contributed by atoms with Crippen molar-refractivity contribution in [3.05, 3.63) is 30.8 Å². The van der Waals surface area contributed by atoms with Crippen molar-refractivity contribution in [1.82, 2.24) is 0 Å². The van der Waals surface area contributed by atoms with E-state index < -0.39 is 19.0 Å². The van der Waals surface area contributed by atoms with Gasteiger partial charge in [0, 0.05) is 0 Å². The standard InChI is InChI=1S/C10H15N2O5P/c1-4-7-16-18(14,17-8-5-2)9(12-11)10(13)15-6-3/h4-5H,1-2,6-8H2,3H3. The number of hydrogen-bond acceptors (Lipinski definition) is 5. The Hall–Kier alpha value is -1.52. The summed E-state index contributed by atoms with van der Waals surface area (Å²) in [6.45, 7) is 8.03. The van der Waals surface area contributed by atoms with Crippen molar-refractivity contribution in [3.8, 4) is 0 Å². The first-order valence-corrected chi connectivity index (χ1v) is 6.60. The van der Waals surface area contributed by atoms with E-state index in [2.05, 4.69) is 22.7 Å². The van der Waals surface area contributed by atoms with Crippen LogP contribution in [0.3, 0.4) is 0 Å². The summed E-state index contributed by atoms with van der Waals surface area (Å²) >= 11 is 0. The predicted octanol–water partition coefficient (Wildman–Crippen LogP) is 1.78. The van der Waals surface area contributed by atoms with Crippen molar-refractivity contribution in [2.24, 2.45) is 0 Å².